The Morgan fingerprint density at radius 1 is 0.236 bits per heavy atom. The normalized spacial score (nSPS) is 24.4. The van der Waals surface area contributed by atoms with Crippen LogP contribution >= 0.6 is 0 Å². The quantitative estimate of drug-likeness (QED) is 0.0388. The zero-order valence-electron chi connectivity index (χ0n) is 59.5. The molecule has 0 unspecified atom stereocenters. The fraction of sp³-hybridized carbons (Fsp3) is 0.318. The molecular weight excluding hydrogens is 1340 g/mol. The molecule has 0 bridgehead atoms. The second kappa shape index (κ2) is 39.4. The van der Waals surface area contributed by atoms with Crippen LogP contribution < -0.4 is 18.9 Å². The monoisotopic (exact) mass is 1440 g/mol. The average molecular weight is 1440 g/mol. The van der Waals surface area contributed by atoms with Crippen LogP contribution in [-0.2, 0) is 114 Å². The van der Waals surface area contributed by atoms with E-state index >= 15 is 0 Å². The van der Waals surface area contributed by atoms with E-state index in [0.29, 0.717) is 23.0 Å². The standard InChI is InChI=1S/C88H92O18/c1-90-70-43-47-72(48-44-70)92-60-75-77(94-52-62-27-11-3-12-28-62)80(95-53-63-29-13-4-14-30-63)84(99-57-67-37-21-8-22-38-67)88(104-75)105-78-74(51-89)102-87(85(100-58-68-39-23-9-24-40-68)81(78)96-54-64-31-15-5-16-32-64)106-79-76(61-93-73-49-45-71(91-2)46-50-73)103-86(101-59-69-41-25-10-26-42-69)83(98-56-66-35-19-7-20-36-66)82(79)97-55-65-33-17-6-18-34-65/h3-50,74-89H,51-61H2,1-2H3/t74-,75-,76-,77+,78+,79+,80+,81+,82+,83-,84-,85-,86-,87-,88-/m1/s1. The van der Waals surface area contributed by atoms with Crippen LogP contribution in [0.4, 0.5) is 0 Å². The SMILES string of the molecule is COc1ccc(OC[C@H]2O[C@H](O[C@@H]3[C@H](OCc4ccccc4)[C@@H](OCc4ccccc4)[C@@H](O[C@@H]4[C@H](OCc5ccccc5)[C@@H](OCc5ccccc5)[C@H](OCc5ccccc5)O[C@@H]4COc4ccc(OC)cc4)O[C@@H]3CO)[C@H](OCc3ccccc3)[C@@H](OCc3ccccc3)[C@H]2OCc2ccccc2)cc1. The van der Waals surface area contributed by atoms with Crippen LogP contribution in [0.25, 0.3) is 0 Å². The predicted octanol–water partition coefficient (Wildman–Crippen LogP) is 14.4. The van der Waals surface area contributed by atoms with Gasteiger partial charge in [0.1, 0.15) is 109 Å². The number of hydrogen-bond acceptors (Lipinski definition) is 18. The van der Waals surface area contributed by atoms with Crippen molar-refractivity contribution in [2.24, 2.45) is 0 Å². The molecule has 1 N–H and O–H groups in total. The summed E-state index contributed by atoms with van der Waals surface area (Å²) >= 11 is 0. The van der Waals surface area contributed by atoms with Crippen molar-refractivity contribution in [3.8, 4) is 23.0 Å². The van der Waals surface area contributed by atoms with E-state index in [-0.39, 0.29) is 66.1 Å². The first-order valence-electron chi connectivity index (χ1n) is 36.1. The smallest absolute Gasteiger partial charge is 0.187 e. The molecule has 3 aliphatic heterocycles. The van der Waals surface area contributed by atoms with Crippen LogP contribution in [0.15, 0.2) is 291 Å². The van der Waals surface area contributed by atoms with Crippen LogP contribution in [0, 0.1) is 0 Å². The molecule has 106 heavy (non-hydrogen) atoms. The molecule has 3 fully saturated rings. The van der Waals surface area contributed by atoms with Gasteiger partial charge in [0.2, 0.25) is 0 Å². The molecule has 18 heteroatoms. The van der Waals surface area contributed by atoms with E-state index < -0.39 is 98.7 Å². The highest BCUT2D eigenvalue weighted by atomic mass is 16.8. The molecule has 0 radical (unpaired) electrons. The van der Waals surface area contributed by atoms with Gasteiger partial charge in [0.15, 0.2) is 18.9 Å². The van der Waals surface area contributed by atoms with Crippen LogP contribution in [-0.4, -0.2) is 131 Å². The van der Waals surface area contributed by atoms with Crippen LogP contribution in [0.1, 0.15) is 44.5 Å². The zero-order chi connectivity index (χ0) is 72.3. The summed E-state index contributed by atoms with van der Waals surface area (Å²) < 4.78 is 119. The maximum Gasteiger partial charge on any atom is 0.187 e. The molecule has 10 aromatic rings. The van der Waals surface area contributed by atoms with Crippen molar-refractivity contribution in [2.45, 2.75) is 145 Å². The third-order valence-corrected chi connectivity index (χ3v) is 18.7. The van der Waals surface area contributed by atoms with Crippen molar-refractivity contribution in [2.75, 3.05) is 34.0 Å². The molecular formula is C88H92O18. The van der Waals surface area contributed by atoms with E-state index in [1.165, 1.54) is 0 Å². The molecule has 0 aromatic heterocycles. The van der Waals surface area contributed by atoms with Crippen molar-refractivity contribution in [1.82, 2.24) is 0 Å². The van der Waals surface area contributed by atoms with Gasteiger partial charge in [0, 0.05) is 0 Å². The minimum absolute atomic E-state index is 0.0337. The van der Waals surface area contributed by atoms with E-state index in [1.54, 1.807) is 14.2 Å². The molecule has 0 amide bonds. The highest BCUT2D eigenvalue weighted by Gasteiger charge is 2.57. The molecule has 0 spiro atoms. The van der Waals surface area contributed by atoms with Gasteiger partial charge in [-0.3, -0.25) is 0 Å². The number of rotatable bonds is 37. The number of hydrogen-bond donors (Lipinski definition) is 1. The first kappa shape index (κ1) is 75.1. The molecule has 18 nitrogen and oxygen atoms in total. The first-order chi connectivity index (χ1) is 52.4. The Morgan fingerprint density at radius 2 is 0.462 bits per heavy atom. The number of aliphatic hydroxyl groups is 1. The summed E-state index contributed by atoms with van der Waals surface area (Å²) in [7, 11) is 3.23. The predicted molar refractivity (Wildman–Crippen MR) is 396 cm³/mol. The van der Waals surface area contributed by atoms with Gasteiger partial charge in [-0.05, 0) is 93.0 Å². The molecule has 0 aliphatic carbocycles. The second-order valence-electron chi connectivity index (χ2n) is 26.1. The summed E-state index contributed by atoms with van der Waals surface area (Å²) in [4.78, 5) is 0. The van der Waals surface area contributed by atoms with E-state index in [1.807, 2.05) is 291 Å². The Morgan fingerprint density at radius 3 is 0.764 bits per heavy atom. The van der Waals surface area contributed by atoms with Gasteiger partial charge in [-0.1, -0.05) is 243 Å². The van der Waals surface area contributed by atoms with Crippen LogP contribution in [0.3, 0.4) is 0 Å². The summed E-state index contributed by atoms with van der Waals surface area (Å²) in [5, 5.41) is 12.3. The van der Waals surface area contributed by atoms with Crippen LogP contribution in [0.2, 0.25) is 0 Å². The second-order valence-corrected chi connectivity index (χ2v) is 26.1. The van der Waals surface area contributed by atoms with E-state index in [4.69, 9.17) is 80.5 Å². The van der Waals surface area contributed by atoms with E-state index in [9.17, 15) is 5.11 Å². The van der Waals surface area contributed by atoms with Gasteiger partial charge in [-0.25, -0.2) is 0 Å². The maximum absolute atomic E-state index is 12.3. The highest BCUT2D eigenvalue weighted by Crippen LogP contribution is 2.40. The van der Waals surface area contributed by atoms with Crippen LogP contribution in [0.5, 0.6) is 23.0 Å². The third kappa shape index (κ3) is 21.1. The highest BCUT2D eigenvalue weighted by molar-refractivity contribution is 5.33. The molecule has 0 saturated carbocycles. The lowest BCUT2D eigenvalue weighted by molar-refractivity contribution is -0.394. The summed E-state index contributed by atoms with van der Waals surface area (Å²) in [6.45, 7) is 0.297. The zero-order valence-corrected chi connectivity index (χ0v) is 59.5. The van der Waals surface area contributed by atoms with Gasteiger partial charge < -0.3 is 85.6 Å². The summed E-state index contributed by atoms with van der Waals surface area (Å²) in [6, 6.07) is 93.6. The largest absolute Gasteiger partial charge is 0.497 e. The van der Waals surface area contributed by atoms with Crippen molar-refractivity contribution < 1.29 is 85.6 Å². The molecule has 552 valence electrons. The van der Waals surface area contributed by atoms with Gasteiger partial charge >= 0.3 is 0 Å². The summed E-state index contributed by atoms with van der Waals surface area (Å²) in [5.74, 6) is 2.42. The average Bonchev–Trinajstić information content (AvgIpc) is 0.764. The van der Waals surface area contributed by atoms with E-state index in [2.05, 4.69) is 0 Å². The molecule has 3 heterocycles. The Hall–Kier alpha value is -9.16. The number of benzene rings is 10. The van der Waals surface area contributed by atoms with Crippen molar-refractivity contribution in [3.05, 3.63) is 336 Å². The Bertz CT molecular complexity index is 4070. The lowest BCUT2D eigenvalue weighted by atomic mass is 9.95. The Kier molecular flexibility index (Phi) is 27.9. The third-order valence-electron chi connectivity index (χ3n) is 18.7. The molecule has 13 rings (SSSR count). The molecule has 3 saturated heterocycles. The van der Waals surface area contributed by atoms with Crippen molar-refractivity contribution >= 4 is 0 Å². The Balaban J connectivity index is 0.919. The molecule has 3 aliphatic rings. The van der Waals surface area contributed by atoms with Gasteiger partial charge in [-0.2, -0.15) is 0 Å². The van der Waals surface area contributed by atoms with Gasteiger partial charge in [-0.15, -0.1) is 0 Å². The minimum atomic E-state index is -1.39. The number of ether oxygens (including phenoxy) is 17. The first-order valence-corrected chi connectivity index (χ1v) is 36.1. The van der Waals surface area contributed by atoms with E-state index in [0.717, 1.165) is 44.5 Å². The van der Waals surface area contributed by atoms with Gasteiger partial charge in [0.05, 0.1) is 73.7 Å². The topological polar surface area (TPSA) is 177 Å². The summed E-state index contributed by atoms with van der Waals surface area (Å²) in [5.41, 5.74) is 7.13. The van der Waals surface area contributed by atoms with Gasteiger partial charge in [0.25, 0.3) is 0 Å². The number of aliphatic hydroxyl groups excluding tert-OH is 1. The maximum atomic E-state index is 12.3. The molecule has 10 aromatic carbocycles. The van der Waals surface area contributed by atoms with Crippen molar-refractivity contribution in [3.63, 3.8) is 0 Å². The Labute approximate surface area is 620 Å². The molecule has 15 atom stereocenters. The summed E-state index contributed by atoms with van der Waals surface area (Å²) in [6.07, 6.45) is -16.3. The fourth-order valence-electron chi connectivity index (χ4n) is 13.2. The minimum Gasteiger partial charge on any atom is -0.497 e. The van der Waals surface area contributed by atoms with Crippen molar-refractivity contribution in [1.29, 1.82) is 0 Å². The fourth-order valence-corrected chi connectivity index (χ4v) is 13.2. The number of methoxy groups -OCH3 is 2. The lowest BCUT2D eigenvalue weighted by Gasteiger charge is -2.51. The lowest BCUT2D eigenvalue weighted by Crippen LogP contribution is -2.68.